The molecule has 26 heavy (non-hydrogen) atoms. The Morgan fingerprint density at radius 1 is 1.19 bits per heavy atom. The van der Waals surface area contributed by atoms with Gasteiger partial charge in [0.15, 0.2) is 0 Å². The standard InChI is InChI=1S/C20H28N2O4/c1-13(14-5-3-2-4-6-14)21-19(24)11-16-9-10-17(18(12-23)26-16)22-20(25)15-7-8-15/h2-6,13,15-18,23H,7-12H2,1H3,(H,21,24)(H,22,25)/t13-,16-,17+,18-/m0/s1. The summed E-state index contributed by atoms with van der Waals surface area (Å²) in [7, 11) is 0. The highest BCUT2D eigenvalue weighted by molar-refractivity contribution is 5.81. The highest BCUT2D eigenvalue weighted by Gasteiger charge is 2.36. The summed E-state index contributed by atoms with van der Waals surface area (Å²) in [5.74, 6) is 0.130. The molecule has 0 spiro atoms. The number of benzene rings is 1. The molecule has 0 aromatic heterocycles. The number of ether oxygens (including phenoxy) is 1. The van der Waals surface area contributed by atoms with E-state index >= 15 is 0 Å². The normalized spacial score (nSPS) is 26.8. The average molecular weight is 360 g/mol. The molecule has 2 amide bonds. The third-order valence-corrected chi connectivity index (χ3v) is 5.16. The third kappa shape index (κ3) is 5.05. The first-order valence-corrected chi connectivity index (χ1v) is 9.47. The van der Waals surface area contributed by atoms with Gasteiger partial charge in [0.2, 0.25) is 11.8 Å². The molecule has 3 rings (SSSR count). The molecule has 1 aliphatic carbocycles. The number of carbonyl (C=O) groups is 2. The Bertz CT molecular complexity index is 617. The number of aliphatic hydroxyl groups excluding tert-OH is 1. The minimum absolute atomic E-state index is 0.0601. The fraction of sp³-hybridized carbons (Fsp3) is 0.600. The lowest BCUT2D eigenvalue weighted by Gasteiger charge is -2.36. The highest BCUT2D eigenvalue weighted by Crippen LogP contribution is 2.30. The maximum absolute atomic E-state index is 12.3. The molecule has 2 aliphatic rings. The van der Waals surface area contributed by atoms with Gasteiger partial charge in [0.25, 0.3) is 0 Å². The van der Waals surface area contributed by atoms with Crippen molar-refractivity contribution in [1.29, 1.82) is 0 Å². The van der Waals surface area contributed by atoms with Gasteiger partial charge in [0.05, 0.1) is 31.2 Å². The van der Waals surface area contributed by atoms with E-state index in [4.69, 9.17) is 4.74 Å². The van der Waals surface area contributed by atoms with E-state index in [-0.39, 0.29) is 48.9 Å². The van der Waals surface area contributed by atoms with Gasteiger partial charge in [-0.15, -0.1) is 0 Å². The zero-order chi connectivity index (χ0) is 18.5. The fourth-order valence-corrected chi connectivity index (χ4v) is 3.43. The minimum atomic E-state index is -0.448. The van der Waals surface area contributed by atoms with Crippen LogP contribution in [-0.4, -0.2) is 41.8 Å². The number of aliphatic hydroxyl groups is 1. The topological polar surface area (TPSA) is 87.7 Å². The lowest BCUT2D eigenvalue weighted by Crippen LogP contribution is -2.51. The van der Waals surface area contributed by atoms with Crippen LogP contribution in [-0.2, 0) is 14.3 Å². The number of carbonyl (C=O) groups excluding carboxylic acids is 2. The van der Waals surface area contributed by atoms with Crippen molar-refractivity contribution in [3.8, 4) is 0 Å². The van der Waals surface area contributed by atoms with Gasteiger partial charge < -0.3 is 20.5 Å². The summed E-state index contributed by atoms with van der Waals surface area (Å²) in [4.78, 5) is 24.3. The van der Waals surface area contributed by atoms with Crippen LogP contribution in [0.5, 0.6) is 0 Å². The van der Waals surface area contributed by atoms with Crippen molar-refractivity contribution >= 4 is 11.8 Å². The van der Waals surface area contributed by atoms with Gasteiger partial charge in [-0.3, -0.25) is 9.59 Å². The minimum Gasteiger partial charge on any atom is -0.394 e. The van der Waals surface area contributed by atoms with E-state index < -0.39 is 6.10 Å². The molecule has 1 saturated carbocycles. The molecule has 0 unspecified atom stereocenters. The monoisotopic (exact) mass is 360 g/mol. The van der Waals surface area contributed by atoms with E-state index in [1.54, 1.807) is 0 Å². The largest absolute Gasteiger partial charge is 0.394 e. The number of rotatable bonds is 7. The van der Waals surface area contributed by atoms with Crippen LogP contribution < -0.4 is 10.6 Å². The summed E-state index contributed by atoms with van der Waals surface area (Å²) in [5.41, 5.74) is 1.06. The molecule has 0 bridgehead atoms. The fourth-order valence-electron chi connectivity index (χ4n) is 3.43. The molecule has 142 valence electrons. The van der Waals surface area contributed by atoms with E-state index in [1.807, 2.05) is 37.3 Å². The predicted octanol–water partition coefficient (Wildman–Crippen LogP) is 1.69. The van der Waals surface area contributed by atoms with Gasteiger partial charge in [-0.2, -0.15) is 0 Å². The summed E-state index contributed by atoms with van der Waals surface area (Å²) in [6, 6.07) is 9.58. The molecule has 6 nitrogen and oxygen atoms in total. The number of hydrogen-bond donors (Lipinski definition) is 3. The molecule has 3 N–H and O–H groups in total. The molecular weight excluding hydrogens is 332 g/mol. The Balaban J connectivity index is 1.46. The van der Waals surface area contributed by atoms with Crippen LogP contribution in [0.25, 0.3) is 0 Å². The number of nitrogens with one attached hydrogen (secondary N) is 2. The molecular formula is C20H28N2O4. The summed E-state index contributed by atoms with van der Waals surface area (Å²) in [5, 5.41) is 15.6. The van der Waals surface area contributed by atoms with Crippen LogP contribution in [0.15, 0.2) is 30.3 Å². The summed E-state index contributed by atoms with van der Waals surface area (Å²) in [6.45, 7) is 1.79. The smallest absolute Gasteiger partial charge is 0.223 e. The Labute approximate surface area is 154 Å². The van der Waals surface area contributed by atoms with Gasteiger partial charge in [0.1, 0.15) is 6.10 Å². The molecule has 2 fully saturated rings. The molecule has 1 aliphatic heterocycles. The van der Waals surface area contributed by atoms with Crippen molar-refractivity contribution < 1.29 is 19.4 Å². The number of hydrogen-bond acceptors (Lipinski definition) is 4. The highest BCUT2D eigenvalue weighted by atomic mass is 16.5. The predicted molar refractivity (Wildman–Crippen MR) is 97.3 cm³/mol. The van der Waals surface area contributed by atoms with Gasteiger partial charge in [0, 0.05) is 5.92 Å². The first-order chi connectivity index (χ1) is 12.6. The van der Waals surface area contributed by atoms with Gasteiger partial charge in [-0.1, -0.05) is 30.3 Å². The first-order valence-electron chi connectivity index (χ1n) is 9.47. The zero-order valence-corrected chi connectivity index (χ0v) is 15.2. The second kappa shape index (κ2) is 8.64. The van der Waals surface area contributed by atoms with Crippen LogP contribution in [0.3, 0.4) is 0 Å². The molecule has 0 radical (unpaired) electrons. The van der Waals surface area contributed by atoms with Crippen LogP contribution in [0, 0.1) is 5.92 Å². The second-order valence-electron chi connectivity index (χ2n) is 7.35. The SMILES string of the molecule is C[C@H](NC(=O)C[C@@H]1CC[C@@H](NC(=O)C2CC2)[C@H](CO)O1)c1ccccc1. The summed E-state index contributed by atoms with van der Waals surface area (Å²) < 4.78 is 5.88. The number of amides is 2. The van der Waals surface area contributed by atoms with Crippen LogP contribution in [0.2, 0.25) is 0 Å². The van der Waals surface area contributed by atoms with Crippen molar-refractivity contribution in [3.63, 3.8) is 0 Å². The van der Waals surface area contributed by atoms with Gasteiger partial charge in [-0.25, -0.2) is 0 Å². The summed E-state index contributed by atoms with van der Waals surface area (Å²) >= 11 is 0. The molecule has 4 atom stereocenters. The van der Waals surface area contributed by atoms with Gasteiger partial charge >= 0.3 is 0 Å². The van der Waals surface area contributed by atoms with Crippen molar-refractivity contribution in [3.05, 3.63) is 35.9 Å². The molecule has 1 heterocycles. The van der Waals surface area contributed by atoms with Crippen LogP contribution in [0.1, 0.15) is 50.6 Å². The van der Waals surface area contributed by atoms with Crippen LogP contribution >= 0.6 is 0 Å². The van der Waals surface area contributed by atoms with Crippen molar-refractivity contribution in [2.45, 2.75) is 63.3 Å². The molecule has 1 saturated heterocycles. The Morgan fingerprint density at radius 3 is 2.58 bits per heavy atom. The maximum atomic E-state index is 12.3. The van der Waals surface area contributed by atoms with E-state index in [2.05, 4.69) is 10.6 Å². The van der Waals surface area contributed by atoms with E-state index in [0.29, 0.717) is 6.42 Å². The lowest BCUT2D eigenvalue weighted by atomic mass is 9.96. The van der Waals surface area contributed by atoms with Crippen molar-refractivity contribution in [1.82, 2.24) is 10.6 Å². The molecule has 6 heteroatoms. The molecule has 1 aromatic rings. The zero-order valence-electron chi connectivity index (χ0n) is 15.2. The van der Waals surface area contributed by atoms with Crippen molar-refractivity contribution in [2.24, 2.45) is 5.92 Å². The van der Waals surface area contributed by atoms with E-state index in [0.717, 1.165) is 24.8 Å². The van der Waals surface area contributed by atoms with E-state index in [1.165, 1.54) is 0 Å². The maximum Gasteiger partial charge on any atom is 0.223 e. The second-order valence-corrected chi connectivity index (χ2v) is 7.35. The average Bonchev–Trinajstić information content (AvgIpc) is 3.48. The lowest BCUT2D eigenvalue weighted by molar-refractivity contribution is -0.136. The van der Waals surface area contributed by atoms with Crippen molar-refractivity contribution in [2.75, 3.05) is 6.61 Å². The summed E-state index contributed by atoms with van der Waals surface area (Å²) in [6.07, 6.45) is 2.89. The molecule has 1 aromatic carbocycles. The Morgan fingerprint density at radius 2 is 1.92 bits per heavy atom. The van der Waals surface area contributed by atoms with E-state index in [9.17, 15) is 14.7 Å². The Hall–Kier alpha value is -1.92. The quantitative estimate of drug-likeness (QED) is 0.690. The Kier molecular flexibility index (Phi) is 6.27. The van der Waals surface area contributed by atoms with Crippen LogP contribution in [0.4, 0.5) is 0 Å². The van der Waals surface area contributed by atoms with Gasteiger partial charge in [-0.05, 0) is 38.2 Å². The first kappa shape index (κ1) is 18.9. The third-order valence-electron chi connectivity index (χ3n) is 5.16.